The molecule has 0 aromatic heterocycles. The van der Waals surface area contributed by atoms with Crippen molar-refractivity contribution in [1.29, 1.82) is 0 Å². The molecule has 3 N–H and O–H groups in total. The normalized spacial score (nSPS) is 28.6. The van der Waals surface area contributed by atoms with Crippen molar-refractivity contribution < 1.29 is 18.0 Å². The molecule has 1 amide bonds. The number of carbonyl (C=O) groups excluding carboxylic acids is 1. The van der Waals surface area contributed by atoms with Gasteiger partial charge in [-0.2, -0.15) is 13.2 Å². The molecular weight excluding hydrogens is 259 g/mol. The van der Waals surface area contributed by atoms with Gasteiger partial charge in [0.15, 0.2) is 0 Å². The first-order valence-electron chi connectivity index (χ1n) is 6.46. The molecule has 0 aromatic rings. The summed E-state index contributed by atoms with van der Waals surface area (Å²) in [6, 6.07) is -0.0453. The number of primary amides is 1. The second kappa shape index (κ2) is 6.09. The summed E-state index contributed by atoms with van der Waals surface area (Å²) >= 11 is 0. The molecule has 112 valence electrons. The third-order valence-corrected chi connectivity index (χ3v) is 4.05. The second-order valence-corrected chi connectivity index (χ2v) is 5.29. The van der Waals surface area contributed by atoms with Gasteiger partial charge in [0, 0.05) is 12.6 Å². The number of nitrogens with zero attached hydrogens (tertiary/aromatic N) is 1. The minimum atomic E-state index is -4.15. The van der Waals surface area contributed by atoms with Crippen LogP contribution in [0.25, 0.3) is 0 Å². The Morgan fingerprint density at radius 1 is 1.53 bits per heavy atom. The van der Waals surface area contributed by atoms with Crippen molar-refractivity contribution in [3.8, 4) is 0 Å². The monoisotopic (exact) mass is 281 g/mol. The summed E-state index contributed by atoms with van der Waals surface area (Å²) in [4.78, 5) is 13.2. The molecule has 0 radical (unpaired) electrons. The van der Waals surface area contributed by atoms with Crippen LogP contribution in [0.5, 0.6) is 0 Å². The van der Waals surface area contributed by atoms with Crippen molar-refractivity contribution >= 4 is 5.91 Å². The summed E-state index contributed by atoms with van der Waals surface area (Å²) < 4.78 is 36.6. The van der Waals surface area contributed by atoms with Gasteiger partial charge in [0.05, 0.1) is 12.0 Å². The highest BCUT2D eigenvalue weighted by Crippen LogP contribution is 2.31. The Morgan fingerprint density at radius 3 is 2.63 bits per heavy atom. The molecule has 0 bridgehead atoms. The zero-order valence-corrected chi connectivity index (χ0v) is 11.4. The Bertz CT molecular complexity index is 322. The molecule has 1 aliphatic rings. The van der Waals surface area contributed by atoms with Crippen LogP contribution in [0.15, 0.2) is 0 Å². The van der Waals surface area contributed by atoms with Crippen molar-refractivity contribution in [1.82, 2.24) is 10.2 Å². The van der Waals surface area contributed by atoms with Gasteiger partial charge in [-0.25, -0.2) is 0 Å². The molecule has 4 nitrogen and oxygen atoms in total. The lowest BCUT2D eigenvalue weighted by Gasteiger charge is -2.41. The largest absolute Gasteiger partial charge is 0.390 e. The third-order valence-electron chi connectivity index (χ3n) is 4.05. The topological polar surface area (TPSA) is 58.4 Å². The number of hydrogen-bond acceptors (Lipinski definition) is 3. The van der Waals surface area contributed by atoms with E-state index in [4.69, 9.17) is 5.73 Å². The van der Waals surface area contributed by atoms with E-state index in [-0.39, 0.29) is 12.6 Å². The van der Waals surface area contributed by atoms with Crippen LogP contribution in [0.1, 0.15) is 32.1 Å². The standard InChI is InChI=1S/C12H22F3N3O/c1-17-11(10(16)19)5-3-4-9(8-11)18(2)7-6-12(13,14)15/h9,17H,3-8H2,1-2H3,(H2,16,19). The summed E-state index contributed by atoms with van der Waals surface area (Å²) in [7, 11) is 3.34. The molecule has 0 heterocycles. The van der Waals surface area contributed by atoms with Crippen LogP contribution in [-0.4, -0.2) is 49.2 Å². The number of amides is 1. The van der Waals surface area contributed by atoms with Crippen molar-refractivity contribution in [3.63, 3.8) is 0 Å². The fraction of sp³-hybridized carbons (Fsp3) is 0.917. The van der Waals surface area contributed by atoms with Crippen molar-refractivity contribution in [2.45, 2.75) is 49.9 Å². The fourth-order valence-corrected chi connectivity index (χ4v) is 2.68. The van der Waals surface area contributed by atoms with Crippen LogP contribution < -0.4 is 11.1 Å². The van der Waals surface area contributed by atoms with E-state index in [0.717, 1.165) is 12.8 Å². The Kier molecular flexibility index (Phi) is 5.20. The molecule has 1 rings (SSSR count). The van der Waals surface area contributed by atoms with Gasteiger partial charge in [0.2, 0.25) is 5.91 Å². The zero-order valence-electron chi connectivity index (χ0n) is 11.4. The Morgan fingerprint density at radius 2 is 2.16 bits per heavy atom. The first kappa shape index (κ1) is 16.2. The SMILES string of the molecule is CNC1(C(N)=O)CCCC(N(C)CCC(F)(F)F)C1. The molecule has 0 aliphatic heterocycles. The lowest BCUT2D eigenvalue weighted by molar-refractivity contribution is -0.139. The lowest BCUT2D eigenvalue weighted by Crippen LogP contribution is -2.59. The lowest BCUT2D eigenvalue weighted by atomic mass is 9.78. The van der Waals surface area contributed by atoms with Gasteiger partial charge >= 0.3 is 6.18 Å². The molecule has 1 aliphatic carbocycles. The highest BCUT2D eigenvalue weighted by atomic mass is 19.4. The van der Waals surface area contributed by atoms with Crippen LogP contribution in [0, 0.1) is 0 Å². The van der Waals surface area contributed by atoms with Crippen LogP contribution >= 0.6 is 0 Å². The van der Waals surface area contributed by atoms with Crippen molar-refractivity contribution in [2.24, 2.45) is 5.73 Å². The molecule has 19 heavy (non-hydrogen) atoms. The molecule has 0 spiro atoms. The third kappa shape index (κ3) is 4.35. The minimum absolute atomic E-state index is 0.0453. The van der Waals surface area contributed by atoms with E-state index in [1.54, 1.807) is 19.0 Å². The van der Waals surface area contributed by atoms with Crippen molar-refractivity contribution in [2.75, 3.05) is 20.6 Å². The van der Waals surface area contributed by atoms with E-state index >= 15 is 0 Å². The average molecular weight is 281 g/mol. The van der Waals surface area contributed by atoms with Gasteiger partial charge in [-0.05, 0) is 39.8 Å². The summed E-state index contributed by atoms with van der Waals surface area (Å²) in [5, 5.41) is 2.95. The second-order valence-electron chi connectivity index (χ2n) is 5.29. The zero-order chi connectivity index (χ0) is 14.7. The molecule has 1 saturated carbocycles. The first-order valence-corrected chi connectivity index (χ1v) is 6.46. The maximum absolute atomic E-state index is 12.2. The van der Waals surface area contributed by atoms with E-state index in [2.05, 4.69) is 5.32 Å². The van der Waals surface area contributed by atoms with Gasteiger partial charge < -0.3 is 16.0 Å². The van der Waals surface area contributed by atoms with Gasteiger partial charge in [-0.1, -0.05) is 0 Å². The van der Waals surface area contributed by atoms with E-state index < -0.39 is 24.0 Å². The summed E-state index contributed by atoms with van der Waals surface area (Å²) in [5.74, 6) is -0.427. The number of carbonyl (C=O) groups is 1. The predicted molar refractivity (Wildman–Crippen MR) is 66.5 cm³/mol. The molecule has 7 heteroatoms. The van der Waals surface area contributed by atoms with Gasteiger partial charge in [0.1, 0.15) is 0 Å². The molecule has 0 aromatic carbocycles. The number of halogens is 3. The molecule has 1 fully saturated rings. The van der Waals surface area contributed by atoms with E-state index in [1.807, 2.05) is 0 Å². The predicted octanol–water partition coefficient (Wildman–Crippen LogP) is 1.26. The Balaban J connectivity index is 2.61. The number of rotatable bonds is 5. The maximum atomic E-state index is 12.2. The number of hydrogen-bond donors (Lipinski definition) is 2. The smallest absolute Gasteiger partial charge is 0.368 e. The van der Waals surface area contributed by atoms with Gasteiger partial charge in [-0.15, -0.1) is 0 Å². The Hall–Kier alpha value is -0.820. The van der Waals surface area contributed by atoms with Gasteiger partial charge in [-0.3, -0.25) is 4.79 Å². The molecule has 0 saturated heterocycles. The molecule has 2 atom stereocenters. The fourth-order valence-electron chi connectivity index (χ4n) is 2.68. The minimum Gasteiger partial charge on any atom is -0.368 e. The van der Waals surface area contributed by atoms with E-state index in [1.165, 1.54) is 0 Å². The summed E-state index contributed by atoms with van der Waals surface area (Å²) in [6.07, 6.45) is -2.29. The van der Waals surface area contributed by atoms with E-state index in [0.29, 0.717) is 12.8 Å². The highest BCUT2D eigenvalue weighted by Gasteiger charge is 2.41. The number of alkyl halides is 3. The van der Waals surface area contributed by atoms with Gasteiger partial charge in [0.25, 0.3) is 0 Å². The Labute approximate surface area is 111 Å². The number of nitrogens with one attached hydrogen (secondary N) is 1. The highest BCUT2D eigenvalue weighted by molar-refractivity contribution is 5.84. The van der Waals surface area contributed by atoms with Crippen LogP contribution in [-0.2, 0) is 4.79 Å². The average Bonchev–Trinajstić information content (AvgIpc) is 2.34. The molecule has 2 unspecified atom stereocenters. The number of nitrogens with two attached hydrogens (primary N) is 1. The van der Waals surface area contributed by atoms with Crippen molar-refractivity contribution in [3.05, 3.63) is 0 Å². The van der Waals surface area contributed by atoms with Crippen LogP contribution in [0.3, 0.4) is 0 Å². The van der Waals surface area contributed by atoms with Crippen LogP contribution in [0.4, 0.5) is 13.2 Å². The molecular formula is C12H22F3N3O. The summed E-state index contributed by atoms with van der Waals surface area (Å²) in [6.45, 7) is -0.0489. The van der Waals surface area contributed by atoms with E-state index in [9.17, 15) is 18.0 Å². The quantitative estimate of drug-likeness (QED) is 0.797. The van der Waals surface area contributed by atoms with Crippen LogP contribution in [0.2, 0.25) is 0 Å². The maximum Gasteiger partial charge on any atom is 0.390 e. The first-order chi connectivity index (χ1) is 8.70. The number of likely N-dealkylation sites (N-methyl/N-ethyl adjacent to an activating group) is 1. The summed E-state index contributed by atoms with van der Waals surface area (Å²) in [5.41, 5.74) is 4.64.